The highest BCUT2D eigenvalue weighted by Crippen LogP contribution is 2.22. The van der Waals surface area contributed by atoms with Crippen molar-refractivity contribution < 1.29 is 9.59 Å². The Balaban J connectivity index is 1.54. The largest absolute Gasteiger partial charge is 0.346 e. The Morgan fingerprint density at radius 3 is 2.04 bits per heavy atom. The zero-order valence-electron chi connectivity index (χ0n) is 18.0. The SMILES string of the molecule is Cc1cc(C(=O)N2CCN(CC(=O)N3CCCCCC3)CC2)c(C)n1C(C)C. The molecule has 3 heterocycles. The maximum atomic E-state index is 13.0. The smallest absolute Gasteiger partial charge is 0.255 e. The number of piperazine rings is 1. The lowest BCUT2D eigenvalue weighted by Crippen LogP contribution is -2.51. The van der Waals surface area contributed by atoms with Crippen LogP contribution in [0.25, 0.3) is 0 Å². The fourth-order valence-electron chi connectivity index (χ4n) is 4.68. The number of hydrogen-bond donors (Lipinski definition) is 0. The van der Waals surface area contributed by atoms with E-state index in [0.29, 0.717) is 25.7 Å². The lowest BCUT2D eigenvalue weighted by molar-refractivity contribution is -0.132. The molecule has 1 aromatic heterocycles. The van der Waals surface area contributed by atoms with E-state index in [-0.39, 0.29) is 11.8 Å². The molecule has 0 aliphatic carbocycles. The number of carbonyl (C=O) groups excluding carboxylic acids is 2. The molecule has 0 N–H and O–H groups in total. The van der Waals surface area contributed by atoms with Gasteiger partial charge in [0.2, 0.25) is 5.91 Å². The predicted octanol–water partition coefficient (Wildman–Crippen LogP) is 2.85. The number of aromatic nitrogens is 1. The van der Waals surface area contributed by atoms with Gasteiger partial charge in [0.05, 0.1) is 12.1 Å². The van der Waals surface area contributed by atoms with Crippen LogP contribution >= 0.6 is 0 Å². The molecule has 0 atom stereocenters. The highest BCUT2D eigenvalue weighted by molar-refractivity contribution is 5.95. The molecule has 3 rings (SSSR count). The Labute approximate surface area is 169 Å². The van der Waals surface area contributed by atoms with Gasteiger partial charge in [-0.05, 0) is 46.6 Å². The van der Waals surface area contributed by atoms with Crippen molar-refractivity contribution in [3.8, 4) is 0 Å². The molecule has 0 radical (unpaired) electrons. The van der Waals surface area contributed by atoms with Crippen LogP contribution < -0.4 is 0 Å². The molecular formula is C22H36N4O2. The third-order valence-electron chi connectivity index (χ3n) is 6.21. The number of amides is 2. The molecule has 0 bridgehead atoms. The van der Waals surface area contributed by atoms with Crippen molar-refractivity contribution in [1.82, 2.24) is 19.3 Å². The van der Waals surface area contributed by atoms with E-state index in [1.165, 1.54) is 12.8 Å². The van der Waals surface area contributed by atoms with Gasteiger partial charge in [0.15, 0.2) is 0 Å². The van der Waals surface area contributed by atoms with Crippen LogP contribution in [-0.2, 0) is 4.79 Å². The van der Waals surface area contributed by atoms with Crippen LogP contribution in [0.15, 0.2) is 6.07 Å². The second-order valence-electron chi connectivity index (χ2n) is 8.61. The number of aryl methyl sites for hydroxylation is 1. The molecule has 2 aliphatic rings. The molecule has 6 heteroatoms. The Morgan fingerprint density at radius 1 is 0.893 bits per heavy atom. The van der Waals surface area contributed by atoms with E-state index in [9.17, 15) is 9.59 Å². The quantitative estimate of drug-likeness (QED) is 0.797. The average molecular weight is 389 g/mol. The van der Waals surface area contributed by atoms with Crippen molar-refractivity contribution in [1.29, 1.82) is 0 Å². The first-order valence-electron chi connectivity index (χ1n) is 10.9. The van der Waals surface area contributed by atoms with Crippen LogP contribution in [0.2, 0.25) is 0 Å². The third-order valence-corrected chi connectivity index (χ3v) is 6.21. The molecule has 6 nitrogen and oxygen atoms in total. The van der Waals surface area contributed by atoms with E-state index in [2.05, 4.69) is 30.2 Å². The van der Waals surface area contributed by atoms with Crippen molar-refractivity contribution in [2.75, 3.05) is 45.8 Å². The summed E-state index contributed by atoms with van der Waals surface area (Å²) in [5.74, 6) is 0.376. The van der Waals surface area contributed by atoms with Gasteiger partial charge in [-0.2, -0.15) is 0 Å². The Hall–Kier alpha value is -1.82. The topological polar surface area (TPSA) is 48.8 Å². The molecule has 0 saturated carbocycles. The minimum Gasteiger partial charge on any atom is -0.346 e. The second-order valence-corrected chi connectivity index (χ2v) is 8.61. The first-order valence-corrected chi connectivity index (χ1v) is 10.9. The molecule has 0 aromatic carbocycles. The summed E-state index contributed by atoms with van der Waals surface area (Å²) in [5, 5.41) is 0. The van der Waals surface area contributed by atoms with E-state index in [1.54, 1.807) is 0 Å². The van der Waals surface area contributed by atoms with Crippen LogP contribution in [0.3, 0.4) is 0 Å². The van der Waals surface area contributed by atoms with Crippen LogP contribution in [0.1, 0.15) is 67.3 Å². The first kappa shape index (κ1) is 20.9. The molecular weight excluding hydrogens is 352 g/mol. The molecule has 2 amide bonds. The summed E-state index contributed by atoms with van der Waals surface area (Å²) in [7, 11) is 0. The van der Waals surface area contributed by atoms with E-state index in [1.807, 2.05) is 22.8 Å². The Bertz CT molecular complexity index is 694. The summed E-state index contributed by atoms with van der Waals surface area (Å²) in [4.78, 5) is 31.8. The maximum absolute atomic E-state index is 13.0. The zero-order chi connectivity index (χ0) is 20.3. The van der Waals surface area contributed by atoms with E-state index in [4.69, 9.17) is 0 Å². The second kappa shape index (κ2) is 9.12. The molecule has 2 saturated heterocycles. The summed E-state index contributed by atoms with van der Waals surface area (Å²) < 4.78 is 2.23. The van der Waals surface area contributed by atoms with Crippen LogP contribution in [0.4, 0.5) is 0 Å². The minimum absolute atomic E-state index is 0.124. The Kier molecular flexibility index (Phi) is 6.81. The van der Waals surface area contributed by atoms with Crippen LogP contribution in [0, 0.1) is 13.8 Å². The molecule has 2 fully saturated rings. The Morgan fingerprint density at radius 2 is 1.50 bits per heavy atom. The molecule has 0 spiro atoms. The van der Waals surface area contributed by atoms with E-state index in [0.717, 1.165) is 56.0 Å². The summed E-state index contributed by atoms with van der Waals surface area (Å²) in [6.07, 6.45) is 4.73. The summed E-state index contributed by atoms with van der Waals surface area (Å²) >= 11 is 0. The first-order chi connectivity index (χ1) is 13.4. The van der Waals surface area contributed by atoms with Crippen LogP contribution in [0.5, 0.6) is 0 Å². The minimum atomic E-state index is 0.124. The summed E-state index contributed by atoms with van der Waals surface area (Å²) in [5.41, 5.74) is 3.01. The van der Waals surface area contributed by atoms with Crippen molar-refractivity contribution in [2.45, 2.75) is 59.4 Å². The highest BCUT2D eigenvalue weighted by Gasteiger charge is 2.27. The zero-order valence-corrected chi connectivity index (χ0v) is 18.0. The van der Waals surface area contributed by atoms with Gasteiger partial charge < -0.3 is 14.4 Å². The van der Waals surface area contributed by atoms with Crippen molar-refractivity contribution >= 4 is 11.8 Å². The van der Waals surface area contributed by atoms with Crippen molar-refractivity contribution in [3.63, 3.8) is 0 Å². The predicted molar refractivity (Wildman–Crippen MR) is 112 cm³/mol. The van der Waals surface area contributed by atoms with Gasteiger partial charge in [0.1, 0.15) is 0 Å². The lowest BCUT2D eigenvalue weighted by Gasteiger charge is -2.35. The van der Waals surface area contributed by atoms with Gasteiger partial charge >= 0.3 is 0 Å². The molecule has 0 unspecified atom stereocenters. The molecule has 28 heavy (non-hydrogen) atoms. The summed E-state index contributed by atoms with van der Waals surface area (Å²) in [6, 6.07) is 2.37. The normalized spacial score (nSPS) is 19.2. The molecule has 1 aromatic rings. The standard InChI is InChI=1S/C22H36N4O2/c1-17(2)26-18(3)15-20(19(26)4)22(28)25-13-11-23(12-14-25)16-21(27)24-9-7-5-6-8-10-24/h15,17H,5-14,16H2,1-4H3. The monoisotopic (exact) mass is 388 g/mol. The number of rotatable bonds is 4. The van der Waals surface area contributed by atoms with Gasteiger partial charge in [-0.3, -0.25) is 14.5 Å². The lowest BCUT2D eigenvalue weighted by atomic mass is 10.2. The van der Waals surface area contributed by atoms with Gasteiger partial charge in [-0.15, -0.1) is 0 Å². The number of nitrogens with zero attached hydrogens (tertiary/aromatic N) is 4. The molecule has 156 valence electrons. The van der Waals surface area contributed by atoms with Gasteiger partial charge in [0, 0.05) is 56.7 Å². The average Bonchev–Trinajstić information content (AvgIpc) is 2.84. The summed E-state index contributed by atoms with van der Waals surface area (Å²) in [6.45, 7) is 13.6. The van der Waals surface area contributed by atoms with E-state index >= 15 is 0 Å². The van der Waals surface area contributed by atoms with Crippen LogP contribution in [-0.4, -0.2) is 76.9 Å². The number of carbonyl (C=O) groups is 2. The fraction of sp³-hybridized carbons (Fsp3) is 0.727. The fourth-order valence-corrected chi connectivity index (χ4v) is 4.68. The van der Waals surface area contributed by atoms with Gasteiger partial charge in [-0.25, -0.2) is 0 Å². The highest BCUT2D eigenvalue weighted by atomic mass is 16.2. The molecule has 2 aliphatic heterocycles. The van der Waals surface area contributed by atoms with Gasteiger partial charge in [-0.1, -0.05) is 12.8 Å². The third kappa shape index (κ3) is 4.59. The van der Waals surface area contributed by atoms with Crippen molar-refractivity contribution in [2.24, 2.45) is 0 Å². The number of hydrogen-bond acceptors (Lipinski definition) is 3. The van der Waals surface area contributed by atoms with E-state index < -0.39 is 0 Å². The maximum Gasteiger partial charge on any atom is 0.255 e. The van der Waals surface area contributed by atoms with Crippen molar-refractivity contribution in [3.05, 3.63) is 23.0 Å². The van der Waals surface area contributed by atoms with Gasteiger partial charge in [0.25, 0.3) is 5.91 Å². The number of likely N-dealkylation sites (tertiary alicyclic amines) is 1.